The molecule has 1 aliphatic carbocycles. The van der Waals surface area contributed by atoms with Crippen LogP contribution in [-0.4, -0.2) is 48.1 Å². The van der Waals surface area contributed by atoms with Crippen LogP contribution in [-0.2, 0) is 0 Å². The van der Waals surface area contributed by atoms with Gasteiger partial charge in [-0.1, -0.05) is 26.7 Å². The molecule has 0 amide bonds. The van der Waals surface area contributed by atoms with Gasteiger partial charge in [-0.15, -0.1) is 0 Å². The molecule has 1 saturated heterocycles. The number of nitrogens with zero attached hydrogens (tertiary/aromatic N) is 3. The van der Waals surface area contributed by atoms with Crippen molar-refractivity contribution < 1.29 is 0 Å². The molecule has 3 nitrogen and oxygen atoms in total. The molecule has 0 spiro atoms. The highest BCUT2D eigenvalue weighted by atomic mass is 15.3. The second-order valence-corrected chi connectivity index (χ2v) is 6.05. The fourth-order valence-corrected chi connectivity index (χ4v) is 3.58. The van der Waals surface area contributed by atoms with E-state index >= 15 is 0 Å². The third-order valence-corrected chi connectivity index (χ3v) is 4.75. The Bertz CT molecular complexity index is 289. The SMILES string of the molecule is CCC(C#N)N1CCN(C2CCCC(C)C2)CC1. The standard InChI is InChI=1S/C15H27N3/c1-3-14(12-16)17-7-9-18(10-8-17)15-6-4-5-13(2)11-15/h13-15H,3-11H2,1-2H3. The molecule has 0 aromatic carbocycles. The Morgan fingerprint density at radius 2 is 1.94 bits per heavy atom. The summed E-state index contributed by atoms with van der Waals surface area (Å²) in [5.74, 6) is 0.907. The maximum atomic E-state index is 9.12. The second-order valence-electron chi connectivity index (χ2n) is 6.05. The lowest BCUT2D eigenvalue weighted by Gasteiger charge is -2.42. The Hall–Kier alpha value is -0.590. The van der Waals surface area contributed by atoms with Gasteiger partial charge >= 0.3 is 0 Å². The molecule has 3 unspecified atom stereocenters. The van der Waals surface area contributed by atoms with E-state index in [1.165, 1.54) is 25.7 Å². The number of piperazine rings is 1. The van der Waals surface area contributed by atoms with Crippen molar-refractivity contribution in [2.24, 2.45) is 5.92 Å². The molecule has 0 radical (unpaired) electrons. The van der Waals surface area contributed by atoms with Gasteiger partial charge in [-0.3, -0.25) is 9.80 Å². The van der Waals surface area contributed by atoms with Gasteiger partial charge < -0.3 is 0 Å². The molecule has 18 heavy (non-hydrogen) atoms. The van der Waals surface area contributed by atoms with Gasteiger partial charge in [-0.05, 0) is 25.2 Å². The van der Waals surface area contributed by atoms with Gasteiger partial charge in [0.25, 0.3) is 0 Å². The molecule has 2 rings (SSSR count). The highest BCUT2D eigenvalue weighted by Crippen LogP contribution is 2.28. The first kappa shape index (κ1) is 13.8. The Kier molecular flexibility index (Phi) is 5.03. The van der Waals surface area contributed by atoms with Gasteiger partial charge in [0.2, 0.25) is 0 Å². The van der Waals surface area contributed by atoms with E-state index in [9.17, 15) is 0 Å². The minimum atomic E-state index is 0.137. The van der Waals surface area contributed by atoms with E-state index in [0.29, 0.717) is 0 Å². The van der Waals surface area contributed by atoms with Crippen LogP contribution in [0.15, 0.2) is 0 Å². The normalized spacial score (nSPS) is 32.9. The van der Waals surface area contributed by atoms with Crippen molar-refractivity contribution >= 4 is 0 Å². The first-order chi connectivity index (χ1) is 8.74. The average molecular weight is 249 g/mol. The molecule has 0 bridgehead atoms. The van der Waals surface area contributed by atoms with Crippen LogP contribution in [0.5, 0.6) is 0 Å². The molecular formula is C15H27N3. The fraction of sp³-hybridized carbons (Fsp3) is 0.933. The molecule has 0 aromatic rings. The predicted molar refractivity (Wildman–Crippen MR) is 74.3 cm³/mol. The predicted octanol–water partition coefficient (Wildman–Crippen LogP) is 2.48. The third-order valence-electron chi connectivity index (χ3n) is 4.75. The lowest BCUT2D eigenvalue weighted by atomic mass is 9.86. The van der Waals surface area contributed by atoms with Crippen molar-refractivity contribution in [3.8, 4) is 6.07 Å². The summed E-state index contributed by atoms with van der Waals surface area (Å²) in [5.41, 5.74) is 0. The van der Waals surface area contributed by atoms with Gasteiger partial charge in [0, 0.05) is 32.2 Å². The zero-order valence-electron chi connectivity index (χ0n) is 11.9. The topological polar surface area (TPSA) is 30.3 Å². The van der Waals surface area contributed by atoms with E-state index in [0.717, 1.165) is 44.6 Å². The summed E-state index contributed by atoms with van der Waals surface area (Å²) in [6, 6.07) is 3.38. The number of rotatable bonds is 3. The number of nitriles is 1. The maximum absolute atomic E-state index is 9.12. The van der Waals surface area contributed by atoms with Crippen LogP contribution in [0.1, 0.15) is 46.0 Å². The molecule has 1 saturated carbocycles. The van der Waals surface area contributed by atoms with Gasteiger partial charge in [-0.25, -0.2) is 0 Å². The molecule has 0 aromatic heterocycles. The van der Waals surface area contributed by atoms with Crippen LogP contribution >= 0.6 is 0 Å². The quantitative estimate of drug-likeness (QED) is 0.770. The van der Waals surface area contributed by atoms with Gasteiger partial charge in [0.15, 0.2) is 0 Å². The van der Waals surface area contributed by atoms with Crippen molar-refractivity contribution in [2.75, 3.05) is 26.2 Å². The zero-order chi connectivity index (χ0) is 13.0. The molecular weight excluding hydrogens is 222 g/mol. The summed E-state index contributed by atoms with van der Waals surface area (Å²) in [6.07, 6.45) is 6.55. The summed E-state index contributed by atoms with van der Waals surface area (Å²) in [7, 11) is 0. The zero-order valence-corrected chi connectivity index (χ0v) is 11.9. The first-order valence-electron chi connectivity index (χ1n) is 7.62. The van der Waals surface area contributed by atoms with E-state index in [2.05, 4.69) is 29.7 Å². The van der Waals surface area contributed by atoms with Crippen molar-refractivity contribution in [1.29, 1.82) is 5.26 Å². The highest BCUT2D eigenvalue weighted by Gasteiger charge is 2.29. The van der Waals surface area contributed by atoms with Gasteiger partial charge in [0.05, 0.1) is 12.1 Å². The molecule has 1 heterocycles. The van der Waals surface area contributed by atoms with E-state index in [1.807, 2.05) is 0 Å². The monoisotopic (exact) mass is 249 g/mol. The Labute approximate surface area is 112 Å². The maximum Gasteiger partial charge on any atom is 0.0976 e. The van der Waals surface area contributed by atoms with Gasteiger partial charge in [-0.2, -0.15) is 5.26 Å². The highest BCUT2D eigenvalue weighted by molar-refractivity contribution is 4.93. The van der Waals surface area contributed by atoms with Crippen molar-refractivity contribution in [3.05, 3.63) is 0 Å². The van der Waals surface area contributed by atoms with Crippen LogP contribution < -0.4 is 0 Å². The average Bonchev–Trinajstić information content (AvgIpc) is 2.41. The smallest absolute Gasteiger partial charge is 0.0976 e. The van der Waals surface area contributed by atoms with E-state index in [4.69, 9.17) is 5.26 Å². The van der Waals surface area contributed by atoms with E-state index in [-0.39, 0.29) is 6.04 Å². The number of hydrogen-bond acceptors (Lipinski definition) is 3. The minimum Gasteiger partial charge on any atom is -0.298 e. The molecule has 102 valence electrons. The Morgan fingerprint density at radius 1 is 1.22 bits per heavy atom. The molecule has 2 fully saturated rings. The van der Waals surface area contributed by atoms with Crippen LogP contribution in [0, 0.1) is 17.2 Å². The Balaban J connectivity index is 1.81. The number of hydrogen-bond donors (Lipinski definition) is 0. The summed E-state index contributed by atoms with van der Waals surface area (Å²) >= 11 is 0. The minimum absolute atomic E-state index is 0.137. The van der Waals surface area contributed by atoms with Gasteiger partial charge in [0.1, 0.15) is 0 Å². The summed E-state index contributed by atoms with van der Waals surface area (Å²) in [4.78, 5) is 5.04. The van der Waals surface area contributed by atoms with Crippen LogP contribution in [0.25, 0.3) is 0 Å². The molecule has 3 heteroatoms. The van der Waals surface area contributed by atoms with Crippen molar-refractivity contribution in [1.82, 2.24) is 9.80 Å². The Morgan fingerprint density at radius 3 is 2.50 bits per heavy atom. The molecule has 0 N–H and O–H groups in total. The molecule has 2 aliphatic rings. The van der Waals surface area contributed by atoms with Crippen molar-refractivity contribution in [3.63, 3.8) is 0 Å². The third kappa shape index (κ3) is 3.24. The lowest BCUT2D eigenvalue weighted by Crippen LogP contribution is -2.53. The first-order valence-corrected chi connectivity index (χ1v) is 7.62. The van der Waals surface area contributed by atoms with Crippen molar-refractivity contribution in [2.45, 2.75) is 58.0 Å². The molecule has 1 aliphatic heterocycles. The summed E-state index contributed by atoms with van der Waals surface area (Å²) in [5, 5.41) is 9.12. The van der Waals surface area contributed by atoms with E-state index in [1.54, 1.807) is 0 Å². The van der Waals surface area contributed by atoms with E-state index < -0.39 is 0 Å². The second kappa shape index (κ2) is 6.54. The van der Waals surface area contributed by atoms with Crippen LogP contribution in [0.3, 0.4) is 0 Å². The summed E-state index contributed by atoms with van der Waals surface area (Å²) in [6.45, 7) is 8.99. The molecule has 3 atom stereocenters. The fourth-order valence-electron chi connectivity index (χ4n) is 3.58. The summed E-state index contributed by atoms with van der Waals surface area (Å²) < 4.78 is 0. The van der Waals surface area contributed by atoms with Crippen LogP contribution in [0.2, 0.25) is 0 Å². The van der Waals surface area contributed by atoms with Crippen LogP contribution in [0.4, 0.5) is 0 Å². The lowest BCUT2D eigenvalue weighted by molar-refractivity contribution is 0.0585. The largest absolute Gasteiger partial charge is 0.298 e.